The molecule has 0 radical (unpaired) electrons. The van der Waals surface area contributed by atoms with Crippen molar-refractivity contribution >= 4 is 32.4 Å². The summed E-state index contributed by atoms with van der Waals surface area (Å²) < 4.78 is 0. The van der Waals surface area contributed by atoms with Crippen LogP contribution in [0, 0.1) is 0 Å². The number of hydrogen-bond donors (Lipinski definition) is 0. The molecule has 42 heavy (non-hydrogen) atoms. The third kappa shape index (κ3) is 4.22. The summed E-state index contributed by atoms with van der Waals surface area (Å²) in [5.74, 6) is 0. The molecule has 0 spiro atoms. The summed E-state index contributed by atoms with van der Waals surface area (Å²) in [4.78, 5) is 9.45. The normalized spacial score (nSPS) is 11.3. The molecule has 196 valence electrons. The van der Waals surface area contributed by atoms with E-state index in [0.29, 0.717) is 0 Å². The zero-order valence-corrected chi connectivity index (χ0v) is 22.9. The third-order valence-electron chi connectivity index (χ3n) is 8.18. The topological polar surface area (TPSA) is 25.8 Å². The van der Waals surface area contributed by atoms with E-state index in [2.05, 4.69) is 145 Å². The van der Waals surface area contributed by atoms with E-state index >= 15 is 0 Å². The zero-order valence-electron chi connectivity index (χ0n) is 22.9. The second-order valence-electron chi connectivity index (χ2n) is 10.7. The Bertz CT molecular complexity index is 2210. The van der Waals surface area contributed by atoms with Gasteiger partial charge in [0.25, 0.3) is 0 Å². The van der Waals surface area contributed by atoms with E-state index < -0.39 is 0 Å². The van der Waals surface area contributed by atoms with Gasteiger partial charge in [-0.15, -0.1) is 0 Å². The second-order valence-corrected chi connectivity index (χ2v) is 10.7. The molecule has 0 aliphatic rings. The van der Waals surface area contributed by atoms with Crippen LogP contribution in [0.25, 0.3) is 77.1 Å². The fourth-order valence-corrected chi connectivity index (χ4v) is 6.04. The minimum atomic E-state index is 0.983. The Balaban J connectivity index is 1.21. The number of pyridine rings is 2. The van der Waals surface area contributed by atoms with Crippen LogP contribution >= 0.6 is 0 Å². The molecule has 2 nitrogen and oxygen atoms in total. The molecule has 8 aromatic rings. The van der Waals surface area contributed by atoms with Crippen LogP contribution in [0.2, 0.25) is 0 Å². The van der Waals surface area contributed by atoms with Gasteiger partial charge in [-0.1, -0.05) is 127 Å². The van der Waals surface area contributed by atoms with Crippen molar-refractivity contribution in [3.63, 3.8) is 0 Å². The van der Waals surface area contributed by atoms with Crippen molar-refractivity contribution in [2.45, 2.75) is 0 Å². The van der Waals surface area contributed by atoms with Crippen LogP contribution in [-0.2, 0) is 0 Å². The summed E-state index contributed by atoms with van der Waals surface area (Å²) in [5, 5.41) is 6.01. The Morgan fingerprint density at radius 1 is 0.405 bits per heavy atom. The Hall–Kier alpha value is -5.60. The Morgan fingerprint density at radius 2 is 1.05 bits per heavy atom. The Labute approximate surface area is 244 Å². The smallest absolute Gasteiger partial charge is 0.0722 e. The summed E-state index contributed by atoms with van der Waals surface area (Å²) in [7, 11) is 0. The molecule has 0 fully saturated rings. The lowest BCUT2D eigenvalue weighted by molar-refractivity contribution is 1.36. The highest BCUT2D eigenvalue weighted by atomic mass is 14.7. The van der Waals surface area contributed by atoms with E-state index in [4.69, 9.17) is 4.98 Å². The van der Waals surface area contributed by atoms with Crippen LogP contribution in [-0.4, -0.2) is 9.97 Å². The first-order valence-corrected chi connectivity index (χ1v) is 14.2. The quantitative estimate of drug-likeness (QED) is 0.210. The van der Waals surface area contributed by atoms with Gasteiger partial charge >= 0.3 is 0 Å². The van der Waals surface area contributed by atoms with Crippen molar-refractivity contribution in [1.29, 1.82) is 0 Å². The Morgan fingerprint density at radius 3 is 1.83 bits per heavy atom. The maximum absolute atomic E-state index is 5.10. The molecule has 0 amide bonds. The highest BCUT2D eigenvalue weighted by Gasteiger charge is 2.13. The predicted octanol–water partition coefficient (Wildman–Crippen LogP) is 10.6. The first-order valence-electron chi connectivity index (χ1n) is 14.2. The van der Waals surface area contributed by atoms with Gasteiger partial charge in [-0.05, 0) is 67.7 Å². The highest BCUT2D eigenvalue weighted by Crippen LogP contribution is 2.37. The molecule has 0 saturated heterocycles. The lowest BCUT2D eigenvalue weighted by Gasteiger charge is -2.14. The molecule has 0 N–H and O–H groups in total. The predicted molar refractivity (Wildman–Crippen MR) is 176 cm³/mol. The monoisotopic (exact) mass is 534 g/mol. The van der Waals surface area contributed by atoms with Gasteiger partial charge in [0, 0.05) is 28.7 Å². The maximum atomic E-state index is 5.10. The molecule has 2 heteroatoms. The van der Waals surface area contributed by atoms with E-state index in [1.54, 1.807) is 0 Å². The maximum Gasteiger partial charge on any atom is 0.0722 e. The van der Waals surface area contributed by atoms with Gasteiger partial charge < -0.3 is 0 Å². The molecular formula is C40H26N2. The number of benzene rings is 6. The van der Waals surface area contributed by atoms with Gasteiger partial charge in [-0.25, -0.2) is 4.98 Å². The SMILES string of the molecule is c1ccc(-c2cc(-c3ccc(-c4ccc(-c5cccc6ccncc56)cc4)cc3)c3c(ccc4ccccc43)n2)cc1. The average molecular weight is 535 g/mol. The lowest BCUT2D eigenvalue weighted by Crippen LogP contribution is -1.91. The van der Waals surface area contributed by atoms with Gasteiger partial charge in [0.1, 0.15) is 0 Å². The lowest BCUT2D eigenvalue weighted by atomic mass is 9.93. The zero-order chi connectivity index (χ0) is 27.9. The van der Waals surface area contributed by atoms with Gasteiger partial charge in [-0.2, -0.15) is 0 Å². The van der Waals surface area contributed by atoms with E-state index in [9.17, 15) is 0 Å². The molecule has 0 bridgehead atoms. The van der Waals surface area contributed by atoms with Gasteiger partial charge in [0.15, 0.2) is 0 Å². The first kappa shape index (κ1) is 24.2. The molecule has 0 aliphatic heterocycles. The molecule has 0 unspecified atom stereocenters. The molecule has 8 rings (SSSR count). The van der Waals surface area contributed by atoms with Gasteiger partial charge in [-0.3, -0.25) is 4.98 Å². The third-order valence-corrected chi connectivity index (χ3v) is 8.18. The van der Waals surface area contributed by atoms with Crippen molar-refractivity contribution in [1.82, 2.24) is 9.97 Å². The van der Waals surface area contributed by atoms with Crippen molar-refractivity contribution < 1.29 is 0 Å². The van der Waals surface area contributed by atoms with Crippen molar-refractivity contribution in [2.24, 2.45) is 0 Å². The molecule has 0 saturated carbocycles. The summed E-state index contributed by atoms with van der Waals surface area (Å²) >= 11 is 0. The van der Waals surface area contributed by atoms with E-state index in [1.165, 1.54) is 60.3 Å². The Kier molecular flexibility index (Phi) is 5.82. The summed E-state index contributed by atoms with van der Waals surface area (Å²) in [6.07, 6.45) is 3.80. The van der Waals surface area contributed by atoms with E-state index in [-0.39, 0.29) is 0 Å². The van der Waals surface area contributed by atoms with E-state index in [1.807, 2.05) is 18.5 Å². The summed E-state index contributed by atoms with van der Waals surface area (Å²) in [6.45, 7) is 0. The molecule has 2 heterocycles. The fourth-order valence-electron chi connectivity index (χ4n) is 6.04. The van der Waals surface area contributed by atoms with Crippen molar-refractivity contribution in [3.05, 3.63) is 158 Å². The number of fused-ring (bicyclic) bond motifs is 4. The van der Waals surface area contributed by atoms with Crippen molar-refractivity contribution in [2.75, 3.05) is 0 Å². The molecular weight excluding hydrogens is 508 g/mol. The highest BCUT2D eigenvalue weighted by molar-refractivity contribution is 6.13. The van der Waals surface area contributed by atoms with Crippen LogP contribution in [0.5, 0.6) is 0 Å². The van der Waals surface area contributed by atoms with Crippen LogP contribution in [0.3, 0.4) is 0 Å². The largest absolute Gasteiger partial charge is 0.264 e. The van der Waals surface area contributed by atoms with Crippen LogP contribution < -0.4 is 0 Å². The standard InChI is InChI=1S/C40H26N2/c1-2-8-33(9-3-1)39-25-36(40-35-11-5-4-7-29(35)21-22-38(40)42-39)32-19-15-28(16-20-32)27-13-17-31(18-14-27)34-12-6-10-30-23-24-41-26-37(30)34/h1-26H. The minimum Gasteiger partial charge on any atom is -0.264 e. The fraction of sp³-hybridized carbons (Fsp3) is 0. The number of rotatable bonds is 4. The van der Waals surface area contributed by atoms with Gasteiger partial charge in [0.05, 0.1) is 11.2 Å². The van der Waals surface area contributed by atoms with Crippen LogP contribution in [0.1, 0.15) is 0 Å². The molecule has 6 aromatic carbocycles. The number of hydrogen-bond acceptors (Lipinski definition) is 2. The number of nitrogens with zero attached hydrogens (tertiary/aromatic N) is 2. The number of aromatic nitrogens is 2. The molecule has 2 aromatic heterocycles. The van der Waals surface area contributed by atoms with Gasteiger partial charge in [0.2, 0.25) is 0 Å². The minimum absolute atomic E-state index is 0.983. The summed E-state index contributed by atoms with van der Waals surface area (Å²) in [5.41, 5.74) is 10.3. The average Bonchev–Trinajstić information content (AvgIpc) is 3.08. The molecule has 0 aliphatic carbocycles. The van der Waals surface area contributed by atoms with E-state index in [0.717, 1.165) is 16.8 Å². The van der Waals surface area contributed by atoms with Crippen LogP contribution in [0.15, 0.2) is 158 Å². The van der Waals surface area contributed by atoms with Crippen LogP contribution in [0.4, 0.5) is 0 Å². The second kappa shape index (κ2) is 10.1. The molecule has 0 atom stereocenters. The summed E-state index contributed by atoms with van der Waals surface area (Å²) in [6, 6.07) is 51.8. The first-order chi connectivity index (χ1) is 20.8. The van der Waals surface area contributed by atoms with Crippen molar-refractivity contribution in [3.8, 4) is 44.6 Å².